The van der Waals surface area contributed by atoms with Crippen molar-refractivity contribution < 1.29 is 4.79 Å². The summed E-state index contributed by atoms with van der Waals surface area (Å²) in [5.74, 6) is 0.106. The van der Waals surface area contributed by atoms with Gasteiger partial charge in [0, 0.05) is 5.56 Å². The monoisotopic (exact) mass is 277 g/mol. The fourth-order valence-corrected chi connectivity index (χ4v) is 1.86. The first-order chi connectivity index (χ1) is 10.3. The van der Waals surface area contributed by atoms with Crippen molar-refractivity contribution in [3.8, 4) is 11.1 Å². The van der Waals surface area contributed by atoms with Gasteiger partial charge >= 0.3 is 0 Å². The van der Waals surface area contributed by atoms with Crippen LogP contribution in [0.1, 0.15) is 17.3 Å². The number of carbonyl (C=O) groups excluding carboxylic acids is 1. The number of rotatable bonds is 2. The minimum atomic E-state index is 0.106. The van der Waals surface area contributed by atoms with E-state index in [9.17, 15) is 4.79 Å². The first kappa shape index (κ1) is 14.5. The van der Waals surface area contributed by atoms with Gasteiger partial charge in [0.2, 0.25) is 0 Å². The van der Waals surface area contributed by atoms with Gasteiger partial charge in [-0.15, -0.1) is 0 Å². The maximum Gasteiger partial charge on any atom is 0.160 e. The van der Waals surface area contributed by atoms with E-state index >= 15 is 0 Å². The average Bonchev–Trinajstić information content (AvgIpc) is 2.58. The van der Waals surface area contributed by atoms with Crippen LogP contribution < -0.4 is 0 Å². The lowest BCUT2D eigenvalue weighted by Gasteiger charge is -2.06. The Labute approximate surface area is 123 Å². The lowest BCUT2D eigenvalue weighted by Crippen LogP contribution is -1.95. The SMILES string of the molecule is CC(=O)c1ccccc1-c1ccccc1.c1ncncn1. The fraction of sp³-hybridized carbons (Fsp3) is 0.0588. The van der Waals surface area contributed by atoms with Crippen molar-refractivity contribution >= 4 is 5.78 Å². The van der Waals surface area contributed by atoms with Crippen LogP contribution >= 0.6 is 0 Å². The van der Waals surface area contributed by atoms with E-state index in [0.29, 0.717) is 0 Å². The van der Waals surface area contributed by atoms with Gasteiger partial charge in [-0.05, 0) is 18.1 Å². The molecule has 2 aromatic carbocycles. The van der Waals surface area contributed by atoms with E-state index in [2.05, 4.69) is 15.0 Å². The number of ketones is 1. The molecule has 0 saturated carbocycles. The highest BCUT2D eigenvalue weighted by molar-refractivity contribution is 6.00. The van der Waals surface area contributed by atoms with Gasteiger partial charge in [-0.25, -0.2) is 15.0 Å². The van der Waals surface area contributed by atoms with Crippen LogP contribution in [0.4, 0.5) is 0 Å². The van der Waals surface area contributed by atoms with Gasteiger partial charge in [-0.1, -0.05) is 54.6 Å². The minimum Gasteiger partial charge on any atom is -0.294 e. The standard InChI is InChI=1S/C14H12O.C3H3N3/c1-11(15)13-9-5-6-10-14(13)12-7-3-2-4-8-12;1-4-2-6-3-5-1/h2-10H,1H3;1-3H. The van der Waals surface area contributed by atoms with Crippen LogP contribution in [0.25, 0.3) is 11.1 Å². The molecule has 0 atom stereocenters. The third kappa shape index (κ3) is 4.31. The molecule has 0 spiro atoms. The molecule has 0 amide bonds. The number of Topliss-reactive ketones (excluding diaryl/α,β-unsaturated/α-hetero) is 1. The van der Waals surface area contributed by atoms with Crippen molar-refractivity contribution in [3.05, 3.63) is 79.1 Å². The number of nitrogens with zero attached hydrogens (tertiary/aromatic N) is 3. The molecular weight excluding hydrogens is 262 g/mol. The van der Waals surface area contributed by atoms with Gasteiger partial charge in [-0.3, -0.25) is 4.79 Å². The van der Waals surface area contributed by atoms with Gasteiger partial charge < -0.3 is 0 Å². The zero-order valence-electron chi connectivity index (χ0n) is 11.7. The van der Waals surface area contributed by atoms with Crippen LogP contribution in [0.3, 0.4) is 0 Å². The molecular formula is C17H15N3O. The van der Waals surface area contributed by atoms with Gasteiger partial charge in [0.15, 0.2) is 5.78 Å². The molecule has 3 aromatic rings. The van der Waals surface area contributed by atoms with Crippen molar-refractivity contribution in [2.24, 2.45) is 0 Å². The van der Waals surface area contributed by atoms with E-state index in [1.165, 1.54) is 19.0 Å². The average molecular weight is 277 g/mol. The third-order valence-corrected chi connectivity index (χ3v) is 2.79. The Balaban J connectivity index is 0.000000225. The zero-order valence-corrected chi connectivity index (χ0v) is 11.7. The Morgan fingerprint density at radius 3 is 1.81 bits per heavy atom. The van der Waals surface area contributed by atoms with E-state index in [1.54, 1.807) is 6.92 Å². The molecule has 0 fully saturated rings. The predicted octanol–water partition coefficient (Wildman–Crippen LogP) is 3.43. The van der Waals surface area contributed by atoms with Gasteiger partial charge in [0.25, 0.3) is 0 Å². The molecule has 0 radical (unpaired) electrons. The second-order valence-electron chi connectivity index (χ2n) is 4.26. The van der Waals surface area contributed by atoms with Crippen molar-refractivity contribution in [1.29, 1.82) is 0 Å². The van der Waals surface area contributed by atoms with E-state index in [-0.39, 0.29) is 5.78 Å². The number of hydrogen-bond donors (Lipinski definition) is 0. The Morgan fingerprint density at radius 2 is 1.29 bits per heavy atom. The van der Waals surface area contributed by atoms with E-state index < -0.39 is 0 Å². The molecule has 4 nitrogen and oxygen atoms in total. The van der Waals surface area contributed by atoms with Gasteiger partial charge in [-0.2, -0.15) is 0 Å². The largest absolute Gasteiger partial charge is 0.294 e. The first-order valence-corrected chi connectivity index (χ1v) is 6.49. The molecule has 0 aliphatic rings. The van der Waals surface area contributed by atoms with Gasteiger partial charge in [0.05, 0.1) is 0 Å². The topological polar surface area (TPSA) is 55.7 Å². The summed E-state index contributed by atoms with van der Waals surface area (Å²) in [6.45, 7) is 1.60. The van der Waals surface area contributed by atoms with Crippen LogP contribution in [0.2, 0.25) is 0 Å². The quantitative estimate of drug-likeness (QED) is 0.673. The molecule has 3 rings (SSSR count). The smallest absolute Gasteiger partial charge is 0.160 e. The maximum absolute atomic E-state index is 11.4. The third-order valence-electron chi connectivity index (χ3n) is 2.79. The summed E-state index contributed by atoms with van der Waals surface area (Å²) < 4.78 is 0. The Bertz CT molecular complexity index is 658. The number of benzene rings is 2. The summed E-state index contributed by atoms with van der Waals surface area (Å²) in [5, 5.41) is 0. The lowest BCUT2D eigenvalue weighted by molar-refractivity contribution is 0.101. The van der Waals surface area contributed by atoms with Crippen molar-refractivity contribution in [1.82, 2.24) is 15.0 Å². The highest BCUT2D eigenvalue weighted by Gasteiger charge is 2.06. The van der Waals surface area contributed by atoms with Crippen LogP contribution in [0.5, 0.6) is 0 Å². The predicted molar refractivity (Wildman–Crippen MR) is 81.7 cm³/mol. The summed E-state index contributed by atoms with van der Waals surface area (Å²) in [4.78, 5) is 22.1. The highest BCUT2D eigenvalue weighted by atomic mass is 16.1. The summed E-state index contributed by atoms with van der Waals surface area (Å²) in [6.07, 6.45) is 4.31. The molecule has 1 heterocycles. The lowest BCUT2D eigenvalue weighted by atomic mass is 9.98. The molecule has 1 aromatic heterocycles. The fourth-order valence-electron chi connectivity index (χ4n) is 1.86. The minimum absolute atomic E-state index is 0.106. The molecule has 0 unspecified atom stereocenters. The Kier molecular flexibility index (Phi) is 5.29. The van der Waals surface area contributed by atoms with Crippen LogP contribution in [-0.2, 0) is 0 Å². The van der Waals surface area contributed by atoms with Crippen molar-refractivity contribution in [2.75, 3.05) is 0 Å². The van der Waals surface area contributed by atoms with E-state index in [4.69, 9.17) is 0 Å². The number of carbonyl (C=O) groups is 1. The highest BCUT2D eigenvalue weighted by Crippen LogP contribution is 2.23. The van der Waals surface area contributed by atoms with Crippen molar-refractivity contribution in [3.63, 3.8) is 0 Å². The zero-order chi connectivity index (χ0) is 14.9. The molecule has 4 heteroatoms. The number of aromatic nitrogens is 3. The molecule has 21 heavy (non-hydrogen) atoms. The number of hydrogen-bond acceptors (Lipinski definition) is 4. The van der Waals surface area contributed by atoms with Gasteiger partial charge in [0.1, 0.15) is 19.0 Å². The second-order valence-corrected chi connectivity index (χ2v) is 4.26. The molecule has 0 aliphatic heterocycles. The van der Waals surface area contributed by atoms with E-state index in [1.807, 2.05) is 54.6 Å². The van der Waals surface area contributed by atoms with Crippen LogP contribution in [-0.4, -0.2) is 20.7 Å². The molecule has 0 bridgehead atoms. The normalized spacial score (nSPS) is 9.38. The summed E-state index contributed by atoms with van der Waals surface area (Å²) in [6, 6.07) is 17.6. The second kappa shape index (κ2) is 7.65. The maximum atomic E-state index is 11.4. The van der Waals surface area contributed by atoms with Crippen LogP contribution in [0.15, 0.2) is 73.6 Å². The Morgan fingerprint density at radius 1 is 0.762 bits per heavy atom. The van der Waals surface area contributed by atoms with Crippen molar-refractivity contribution in [2.45, 2.75) is 6.92 Å². The summed E-state index contributed by atoms with van der Waals surface area (Å²) in [7, 11) is 0. The Hall–Kier alpha value is -2.88. The molecule has 0 N–H and O–H groups in total. The summed E-state index contributed by atoms with van der Waals surface area (Å²) >= 11 is 0. The molecule has 0 aliphatic carbocycles. The van der Waals surface area contributed by atoms with E-state index in [0.717, 1.165) is 16.7 Å². The summed E-state index contributed by atoms with van der Waals surface area (Å²) in [5.41, 5.74) is 2.87. The molecule has 104 valence electrons. The first-order valence-electron chi connectivity index (χ1n) is 6.49. The van der Waals surface area contributed by atoms with Crippen LogP contribution in [0, 0.1) is 0 Å². The molecule has 0 saturated heterocycles.